The Labute approximate surface area is 221 Å². The average molecular weight is 531 g/mol. The minimum absolute atomic E-state index is 0.0237. The standard InChI is InChI=1S/C26H32Cl2N6O2/c1-26(2,3)24(36)29-14-15-8-9-16(27)18(11-15)30-25-31-19-12-17(28)22(13-20(19)32-25)34-10-6-7-21(34)23(35)33(4)5/h8-9,11-13,21H,6-7,10,14H2,1-5H3,(H,29,36)(H2,30,31,32). The Hall–Kier alpha value is -2.97. The van der Waals surface area contributed by atoms with E-state index in [1.54, 1.807) is 25.1 Å². The van der Waals surface area contributed by atoms with Gasteiger partial charge in [-0.05, 0) is 42.7 Å². The Kier molecular flexibility index (Phi) is 7.38. The van der Waals surface area contributed by atoms with Crippen LogP contribution in [0.4, 0.5) is 17.3 Å². The molecule has 2 amide bonds. The zero-order valence-electron chi connectivity index (χ0n) is 21.2. The summed E-state index contributed by atoms with van der Waals surface area (Å²) in [6.07, 6.45) is 1.73. The lowest BCUT2D eigenvalue weighted by atomic mass is 9.95. The number of nitrogens with zero attached hydrogens (tertiary/aromatic N) is 3. The van der Waals surface area contributed by atoms with Crippen LogP contribution in [0.5, 0.6) is 0 Å². The van der Waals surface area contributed by atoms with Crippen molar-refractivity contribution in [1.82, 2.24) is 20.2 Å². The summed E-state index contributed by atoms with van der Waals surface area (Å²) in [4.78, 5) is 36.5. The van der Waals surface area contributed by atoms with Crippen molar-refractivity contribution in [2.45, 2.75) is 46.2 Å². The maximum absolute atomic E-state index is 12.7. The van der Waals surface area contributed by atoms with Crippen molar-refractivity contribution in [2.24, 2.45) is 5.41 Å². The first-order valence-corrected chi connectivity index (χ1v) is 12.7. The maximum Gasteiger partial charge on any atom is 0.244 e. The number of fused-ring (bicyclic) bond motifs is 1. The van der Waals surface area contributed by atoms with Crippen LogP contribution in [0.15, 0.2) is 30.3 Å². The summed E-state index contributed by atoms with van der Waals surface area (Å²) in [6.45, 7) is 6.79. The van der Waals surface area contributed by atoms with Crippen molar-refractivity contribution in [3.63, 3.8) is 0 Å². The van der Waals surface area contributed by atoms with Gasteiger partial charge in [0.05, 0.1) is 32.5 Å². The number of benzene rings is 2. The summed E-state index contributed by atoms with van der Waals surface area (Å²) in [6, 6.07) is 9.08. The van der Waals surface area contributed by atoms with E-state index in [2.05, 4.69) is 25.5 Å². The highest BCUT2D eigenvalue weighted by Crippen LogP contribution is 2.36. The van der Waals surface area contributed by atoms with E-state index in [4.69, 9.17) is 23.2 Å². The van der Waals surface area contributed by atoms with Gasteiger partial charge in [0.15, 0.2) is 0 Å². The molecule has 8 nitrogen and oxygen atoms in total. The summed E-state index contributed by atoms with van der Waals surface area (Å²) >= 11 is 13.1. The van der Waals surface area contributed by atoms with Crippen LogP contribution < -0.4 is 15.5 Å². The second-order valence-corrected chi connectivity index (χ2v) is 11.2. The minimum Gasteiger partial charge on any atom is -0.358 e. The van der Waals surface area contributed by atoms with Gasteiger partial charge in [-0.25, -0.2) is 4.98 Å². The van der Waals surface area contributed by atoms with Crippen molar-refractivity contribution in [3.8, 4) is 0 Å². The number of anilines is 3. The van der Waals surface area contributed by atoms with Crippen LogP contribution in [0.1, 0.15) is 39.2 Å². The minimum atomic E-state index is -0.462. The van der Waals surface area contributed by atoms with Crippen LogP contribution in [0.3, 0.4) is 0 Å². The zero-order chi connectivity index (χ0) is 26.2. The average Bonchev–Trinajstić information content (AvgIpc) is 3.43. The maximum atomic E-state index is 12.7. The van der Waals surface area contributed by atoms with E-state index in [1.165, 1.54) is 0 Å². The Bertz CT molecular complexity index is 1300. The third kappa shape index (κ3) is 5.55. The molecule has 4 rings (SSSR count). The van der Waals surface area contributed by atoms with E-state index in [9.17, 15) is 9.59 Å². The van der Waals surface area contributed by atoms with Gasteiger partial charge in [0.2, 0.25) is 17.8 Å². The van der Waals surface area contributed by atoms with E-state index in [-0.39, 0.29) is 17.9 Å². The molecule has 1 atom stereocenters. The van der Waals surface area contributed by atoms with Gasteiger partial charge in [0, 0.05) is 32.6 Å². The van der Waals surface area contributed by atoms with Gasteiger partial charge in [-0.15, -0.1) is 0 Å². The van der Waals surface area contributed by atoms with Crippen LogP contribution >= 0.6 is 23.2 Å². The molecule has 1 saturated heterocycles. The number of hydrogen-bond donors (Lipinski definition) is 3. The molecule has 1 aromatic heterocycles. The zero-order valence-corrected chi connectivity index (χ0v) is 22.7. The number of imidazole rings is 1. The highest BCUT2D eigenvalue weighted by Gasteiger charge is 2.33. The molecule has 3 aromatic rings. The van der Waals surface area contributed by atoms with Gasteiger partial charge in [0.25, 0.3) is 0 Å². The van der Waals surface area contributed by atoms with E-state index in [1.807, 2.05) is 45.0 Å². The largest absolute Gasteiger partial charge is 0.358 e. The lowest BCUT2D eigenvalue weighted by molar-refractivity contribution is -0.130. The summed E-state index contributed by atoms with van der Waals surface area (Å²) in [7, 11) is 3.55. The fourth-order valence-corrected chi connectivity index (χ4v) is 4.69. The van der Waals surface area contributed by atoms with Crippen LogP contribution in [0, 0.1) is 5.41 Å². The van der Waals surface area contributed by atoms with Gasteiger partial charge >= 0.3 is 0 Å². The molecule has 1 aliphatic rings. The molecule has 1 fully saturated rings. The highest BCUT2D eigenvalue weighted by molar-refractivity contribution is 6.34. The first-order valence-electron chi connectivity index (χ1n) is 11.9. The van der Waals surface area contributed by atoms with E-state index >= 15 is 0 Å². The predicted molar refractivity (Wildman–Crippen MR) is 146 cm³/mol. The quantitative estimate of drug-likeness (QED) is 0.400. The Morgan fingerprint density at radius 1 is 1.17 bits per heavy atom. The van der Waals surface area contributed by atoms with E-state index < -0.39 is 5.41 Å². The van der Waals surface area contributed by atoms with Gasteiger partial charge < -0.3 is 25.4 Å². The number of hydrogen-bond acceptors (Lipinski definition) is 5. The van der Waals surface area contributed by atoms with Gasteiger partial charge in [-0.1, -0.05) is 50.0 Å². The normalized spacial score (nSPS) is 15.9. The van der Waals surface area contributed by atoms with Crippen LogP contribution in [0.25, 0.3) is 11.0 Å². The van der Waals surface area contributed by atoms with E-state index in [0.717, 1.165) is 36.2 Å². The number of amides is 2. The lowest BCUT2D eigenvalue weighted by Crippen LogP contribution is -2.42. The third-order valence-corrected chi connectivity index (χ3v) is 6.89. The van der Waals surface area contributed by atoms with Crippen LogP contribution in [0.2, 0.25) is 10.0 Å². The molecule has 0 spiro atoms. The molecule has 2 aromatic carbocycles. The predicted octanol–water partition coefficient (Wildman–Crippen LogP) is 5.33. The molecule has 3 N–H and O–H groups in total. The van der Waals surface area contributed by atoms with Gasteiger partial charge in [-0.3, -0.25) is 9.59 Å². The van der Waals surface area contributed by atoms with Crippen LogP contribution in [-0.4, -0.2) is 53.4 Å². The lowest BCUT2D eigenvalue weighted by Gasteiger charge is -2.28. The molecule has 1 unspecified atom stereocenters. The number of nitrogens with one attached hydrogen (secondary N) is 3. The molecule has 36 heavy (non-hydrogen) atoms. The first kappa shape index (κ1) is 26.1. The number of aromatic nitrogens is 2. The summed E-state index contributed by atoms with van der Waals surface area (Å²) < 4.78 is 0. The second-order valence-electron chi connectivity index (χ2n) is 10.4. The highest BCUT2D eigenvalue weighted by atomic mass is 35.5. The molecule has 0 radical (unpaired) electrons. The van der Waals surface area contributed by atoms with Crippen molar-refractivity contribution in [1.29, 1.82) is 0 Å². The number of carbonyl (C=O) groups is 2. The van der Waals surface area contributed by atoms with Crippen molar-refractivity contribution in [2.75, 3.05) is 30.9 Å². The van der Waals surface area contributed by atoms with Crippen LogP contribution in [-0.2, 0) is 16.1 Å². The number of H-pyrrole nitrogens is 1. The van der Waals surface area contributed by atoms with Crippen molar-refractivity contribution < 1.29 is 9.59 Å². The van der Waals surface area contributed by atoms with Crippen molar-refractivity contribution in [3.05, 3.63) is 45.9 Å². The number of likely N-dealkylation sites (N-methyl/N-ethyl adjacent to an activating group) is 1. The SMILES string of the molecule is CN(C)C(=O)C1CCCN1c1cc2[nH]c(Nc3cc(CNC(=O)C(C)(C)C)ccc3Cl)nc2cc1Cl. The molecule has 2 heterocycles. The monoisotopic (exact) mass is 530 g/mol. The number of rotatable bonds is 6. The van der Waals surface area contributed by atoms with E-state index in [0.29, 0.717) is 33.7 Å². The molecule has 0 aliphatic carbocycles. The second kappa shape index (κ2) is 10.2. The molecular formula is C26H32Cl2N6O2. The molecule has 0 bridgehead atoms. The molecule has 192 valence electrons. The smallest absolute Gasteiger partial charge is 0.244 e. The number of carbonyl (C=O) groups excluding carboxylic acids is 2. The molecule has 1 aliphatic heterocycles. The molecule has 10 heteroatoms. The van der Waals surface area contributed by atoms with Gasteiger partial charge in [-0.2, -0.15) is 0 Å². The third-order valence-electron chi connectivity index (χ3n) is 6.26. The van der Waals surface area contributed by atoms with Gasteiger partial charge in [0.1, 0.15) is 6.04 Å². The Morgan fingerprint density at radius 2 is 1.92 bits per heavy atom. The summed E-state index contributed by atoms with van der Waals surface area (Å²) in [5, 5.41) is 7.27. The van der Waals surface area contributed by atoms with Crippen molar-refractivity contribution >= 4 is 63.4 Å². The number of halogens is 2. The Morgan fingerprint density at radius 3 is 2.61 bits per heavy atom. The first-order chi connectivity index (χ1) is 16.9. The summed E-state index contributed by atoms with van der Waals surface area (Å²) in [5.74, 6) is 0.562. The Balaban J connectivity index is 1.56. The summed E-state index contributed by atoms with van der Waals surface area (Å²) in [5.41, 5.74) is 3.42. The number of aromatic amines is 1. The molecular weight excluding hydrogens is 499 g/mol. The fraction of sp³-hybridized carbons (Fsp3) is 0.423. The topological polar surface area (TPSA) is 93.4 Å². The molecule has 0 saturated carbocycles. The fourth-order valence-electron chi connectivity index (χ4n) is 4.26.